The molecule has 0 saturated carbocycles. The van der Waals surface area contributed by atoms with Gasteiger partial charge in [-0.05, 0) is 70.1 Å². The smallest absolute Gasteiger partial charge is 0.148 e. The first kappa shape index (κ1) is 36.1. The summed E-state index contributed by atoms with van der Waals surface area (Å²) < 4.78 is 8.74. The van der Waals surface area contributed by atoms with E-state index in [1.54, 1.807) is 6.07 Å². The number of phenolic OH excluding ortho intramolecular Hbond substituents is 1. The van der Waals surface area contributed by atoms with Gasteiger partial charge in [0, 0.05) is 49.4 Å². The molecule has 6 heteroatoms. The Morgan fingerprint density at radius 1 is 0.632 bits per heavy atom. The maximum atomic E-state index is 11.1. The first-order valence-electron chi connectivity index (χ1n) is 18.8. The van der Waals surface area contributed by atoms with Crippen LogP contribution in [-0.4, -0.2) is 19.6 Å². The van der Waals surface area contributed by atoms with Crippen molar-refractivity contribution in [2.24, 2.45) is 0 Å². The summed E-state index contributed by atoms with van der Waals surface area (Å²) in [4.78, 5) is 10.2. The Hall–Kier alpha value is -6.55. The Morgan fingerprint density at radius 2 is 1.32 bits per heavy atom. The second kappa shape index (κ2) is 14.5. The molecule has 0 amide bonds. The molecule has 0 atom stereocenters. The van der Waals surface area contributed by atoms with E-state index >= 15 is 0 Å². The van der Waals surface area contributed by atoms with Crippen molar-refractivity contribution in [1.29, 1.82) is 0 Å². The van der Waals surface area contributed by atoms with Gasteiger partial charge in [-0.2, -0.15) is 0 Å². The van der Waals surface area contributed by atoms with E-state index in [0.717, 1.165) is 72.2 Å². The number of hydrogen-bond acceptors (Lipinski definition) is 4. The number of para-hydroxylation sites is 4. The number of hydrogen-bond donors (Lipinski definition) is 1. The monoisotopic (exact) mass is 917 g/mol. The van der Waals surface area contributed by atoms with Gasteiger partial charge >= 0.3 is 0 Å². The van der Waals surface area contributed by atoms with Crippen LogP contribution in [0.5, 0.6) is 5.75 Å². The van der Waals surface area contributed by atoms with Gasteiger partial charge in [-0.25, -0.2) is 4.98 Å². The van der Waals surface area contributed by atoms with E-state index in [4.69, 9.17) is 14.4 Å². The van der Waals surface area contributed by atoms with Crippen LogP contribution in [0.15, 0.2) is 180 Å². The first-order valence-corrected chi connectivity index (χ1v) is 18.8. The van der Waals surface area contributed by atoms with Crippen molar-refractivity contribution >= 4 is 33.0 Å². The van der Waals surface area contributed by atoms with Gasteiger partial charge in [0.2, 0.25) is 0 Å². The predicted molar refractivity (Wildman–Crippen MR) is 227 cm³/mol. The van der Waals surface area contributed by atoms with Crippen LogP contribution in [0.4, 0.5) is 0 Å². The van der Waals surface area contributed by atoms with Crippen molar-refractivity contribution in [3.63, 3.8) is 0 Å². The van der Waals surface area contributed by atoms with Gasteiger partial charge in [0.05, 0.1) is 22.2 Å². The zero-order valence-electron chi connectivity index (χ0n) is 31.3. The van der Waals surface area contributed by atoms with Gasteiger partial charge in [0.1, 0.15) is 17.2 Å². The van der Waals surface area contributed by atoms with Crippen LogP contribution in [0.2, 0.25) is 0 Å². The number of rotatable bonds is 7. The predicted octanol–water partition coefficient (Wildman–Crippen LogP) is 12.8. The summed E-state index contributed by atoms with van der Waals surface area (Å²) in [6, 6.07) is 61.4. The van der Waals surface area contributed by atoms with Crippen LogP contribution in [0.25, 0.3) is 83.6 Å². The second-order valence-corrected chi connectivity index (χ2v) is 14.7. The van der Waals surface area contributed by atoms with Gasteiger partial charge in [0.15, 0.2) is 0 Å². The van der Waals surface area contributed by atoms with Crippen molar-refractivity contribution in [2.75, 3.05) is 0 Å². The van der Waals surface area contributed by atoms with Crippen LogP contribution in [0.3, 0.4) is 0 Å². The summed E-state index contributed by atoms with van der Waals surface area (Å²) in [7, 11) is 0. The minimum Gasteiger partial charge on any atom is -0.507 e. The van der Waals surface area contributed by atoms with Crippen molar-refractivity contribution in [3.8, 4) is 56.3 Å². The number of pyridine rings is 1. The number of imidazole rings is 1. The third kappa shape index (κ3) is 6.25. The number of phenols is 1. The van der Waals surface area contributed by atoms with Gasteiger partial charge in [-0.15, -0.1) is 12.1 Å². The number of furan rings is 1. The van der Waals surface area contributed by atoms with E-state index in [1.807, 2.05) is 66.9 Å². The summed E-state index contributed by atoms with van der Waals surface area (Å²) >= 11 is 0. The number of nitrogens with zero attached hydrogens (tertiary/aromatic N) is 3. The van der Waals surface area contributed by atoms with Gasteiger partial charge in [-0.1, -0.05) is 152 Å². The normalized spacial score (nSPS) is 11.6. The van der Waals surface area contributed by atoms with Crippen molar-refractivity contribution in [2.45, 2.75) is 19.3 Å². The molecular weight excluding hydrogens is 882 g/mol. The fourth-order valence-electron chi connectivity index (χ4n) is 7.93. The number of aromatic nitrogens is 3. The van der Waals surface area contributed by atoms with Gasteiger partial charge in [-0.3, -0.25) is 9.55 Å². The Kier molecular flexibility index (Phi) is 9.19. The van der Waals surface area contributed by atoms with Crippen molar-refractivity contribution in [1.82, 2.24) is 14.5 Å². The maximum absolute atomic E-state index is 11.1. The molecule has 57 heavy (non-hydrogen) atoms. The molecule has 0 radical (unpaired) electrons. The van der Waals surface area contributed by atoms with Crippen LogP contribution < -0.4 is 0 Å². The van der Waals surface area contributed by atoms with E-state index in [0.29, 0.717) is 11.4 Å². The average Bonchev–Trinajstić information content (AvgIpc) is 3.83. The molecule has 0 aliphatic heterocycles. The van der Waals surface area contributed by atoms with Crippen LogP contribution in [-0.2, 0) is 26.5 Å². The molecule has 278 valence electrons. The zero-order chi connectivity index (χ0) is 37.8. The Labute approximate surface area is 345 Å². The first-order chi connectivity index (χ1) is 27.4. The molecule has 3 aromatic heterocycles. The summed E-state index contributed by atoms with van der Waals surface area (Å²) in [6.45, 7) is 4.54. The molecule has 0 bridgehead atoms. The summed E-state index contributed by atoms with van der Waals surface area (Å²) in [5.41, 5.74) is 12.7. The maximum Gasteiger partial charge on any atom is 0.148 e. The average molecular weight is 918 g/mol. The summed E-state index contributed by atoms with van der Waals surface area (Å²) in [5, 5.41) is 13.0. The van der Waals surface area contributed by atoms with Crippen LogP contribution in [0, 0.1) is 6.07 Å². The number of aromatic hydroxyl groups is 1. The zero-order valence-corrected chi connectivity index (χ0v) is 33.5. The van der Waals surface area contributed by atoms with E-state index in [9.17, 15) is 5.11 Å². The molecule has 0 fully saturated rings. The summed E-state index contributed by atoms with van der Waals surface area (Å²) in [5.74, 6) is 0.802. The number of benzene rings is 7. The van der Waals surface area contributed by atoms with E-state index in [-0.39, 0.29) is 32.2 Å². The summed E-state index contributed by atoms with van der Waals surface area (Å²) in [6.07, 6.45) is 1.87. The SMILES string of the molecule is CC(C)(c1ccccc1)c1ccc(-c2ccnc(-c3[c-]c(-c4cccc5c4nc(-c4ccccc4O)n5-c4ccccc4)c4oc5ccccc5c4c3)c2)cc1.[Pt]. The fourth-order valence-corrected chi connectivity index (χ4v) is 7.93. The molecule has 10 aromatic rings. The molecule has 0 aliphatic carbocycles. The third-order valence-electron chi connectivity index (χ3n) is 11.0. The molecule has 3 heterocycles. The minimum atomic E-state index is -0.126. The fraction of sp³-hybridized carbons (Fsp3) is 0.0588. The van der Waals surface area contributed by atoms with Gasteiger partial charge < -0.3 is 9.52 Å². The standard InChI is InChI=1S/C51H36N3O2.Pt/c1-51(2,36-14-5-3-6-15-36)37-26-24-33(25-27-37)34-28-29-52-44(32-34)35-30-42-39-18-10-12-23-47(39)56-49(42)43(31-35)40-20-13-21-45-48(40)53-50(41-19-9-11-22-46(41)55)54(45)38-16-7-4-8-17-38;/h3-30,32,55H,1-2H3;/q-1;. The molecule has 0 saturated heterocycles. The molecule has 5 nitrogen and oxygen atoms in total. The van der Waals surface area contributed by atoms with Crippen LogP contribution >= 0.6 is 0 Å². The molecular formula is C51H36N3O2Pt-. The molecule has 7 aromatic carbocycles. The van der Waals surface area contributed by atoms with E-state index in [2.05, 4.69) is 128 Å². The molecule has 0 aliphatic rings. The van der Waals surface area contributed by atoms with Crippen molar-refractivity contribution < 1.29 is 30.6 Å². The Bertz CT molecular complexity index is 3060. The Morgan fingerprint density at radius 3 is 2.11 bits per heavy atom. The van der Waals surface area contributed by atoms with Gasteiger partial charge in [0.25, 0.3) is 0 Å². The van der Waals surface area contributed by atoms with Crippen LogP contribution in [0.1, 0.15) is 25.0 Å². The molecule has 0 spiro atoms. The molecule has 10 rings (SSSR count). The second-order valence-electron chi connectivity index (χ2n) is 14.7. The Balaban J connectivity index is 0.00000422. The quantitative estimate of drug-likeness (QED) is 0.162. The molecule has 0 unspecified atom stereocenters. The van der Waals surface area contributed by atoms with Crippen molar-refractivity contribution in [3.05, 3.63) is 193 Å². The van der Waals surface area contributed by atoms with E-state index in [1.165, 1.54) is 11.1 Å². The third-order valence-corrected chi connectivity index (χ3v) is 11.0. The molecule has 1 N–H and O–H groups in total. The minimum absolute atomic E-state index is 0. The number of fused-ring (bicyclic) bond motifs is 4. The largest absolute Gasteiger partial charge is 0.507 e. The van der Waals surface area contributed by atoms with E-state index < -0.39 is 0 Å². The topological polar surface area (TPSA) is 64.1 Å².